The number of hydrogen-bond acceptors (Lipinski definition) is 5. The Morgan fingerprint density at radius 3 is 2.14 bits per heavy atom. The van der Waals surface area contributed by atoms with E-state index >= 15 is 0 Å². The van der Waals surface area contributed by atoms with Crippen molar-refractivity contribution in [1.82, 2.24) is 10.2 Å². The predicted octanol–water partition coefficient (Wildman–Crippen LogP) is 4.10. The van der Waals surface area contributed by atoms with Crippen LogP contribution in [-0.2, 0) is 26.2 Å². The van der Waals surface area contributed by atoms with Gasteiger partial charge in [0.05, 0.1) is 17.7 Å². The van der Waals surface area contributed by atoms with Crippen LogP contribution >= 0.6 is 11.6 Å². The third kappa shape index (κ3) is 6.81. The van der Waals surface area contributed by atoms with Gasteiger partial charge in [0.2, 0.25) is 11.8 Å². The highest BCUT2D eigenvalue weighted by molar-refractivity contribution is 7.92. The minimum Gasteiger partial charge on any atom is -0.497 e. The van der Waals surface area contributed by atoms with Gasteiger partial charge in [0.25, 0.3) is 10.0 Å². The van der Waals surface area contributed by atoms with Crippen LogP contribution in [0.3, 0.4) is 0 Å². The summed E-state index contributed by atoms with van der Waals surface area (Å²) in [4.78, 5) is 28.0. The molecule has 0 aliphatic rings. The molecule has 0 aliphatic heterocycles. The zero-order chi connectivity index (χ0) is 27.0. The molecule has 0 spiro atoms. The number of ether oxygens (including phenoxy) is 1. The fraction of sp³-hybridized carbons (Fsp3) is 0.259. The second kappa shape index (κ2) is 12.6. The van der Waals surface area contributed by atoms with Gasteiger partial charge in [-0.2, -0.15) is 0 Å². The van der Waals surface area contributed by atoms with Crippen molar-refractivity contribution in [2.45, 2.75) is 30.8 Å². The smallest absolute Gasteiger partial charge is 0.264 e. The Labute approximate surface area is 222 Å². The van der Waals surface area contributed by atoms with E-state index in [2.05, 4.69) is 5.32 Å². The van der Waals surface area contributed by atoms with Crippen molar-refractivity contribution in [2.24, 2.45) is 0 Å². The van der Waals surface area contributed by atoms with Crippen LogP contribution < -0.4 is 14.4 Å². The average molecular weight is 544 g/mol. The molecule has 2 amide bonds. The molecular formula is C27H30ClN3O5S. The van der Waals surface area contributed by atoms with E-state index < -0.39 is 28.5 Å². The summed E-state index contributed by atoms with van der Waals surface area (Å²) >= 11 is 6.01. The number of amides is 2. The number of anilines is 1. The first-order valence-corrected chi connectivity index (χ1v) is 13.5. The first kappa shape index (κ1) is 28.0. The third-order valence-corrected chi connectivity index (χ3v) is 7.91. The first-order chi connectivity index (χ1) is 17.7. The molecule has 1 atom stereocenters. The molecule has 0 aromatic heterocycles. The molecule has 196 valence electrons. The Morgan fingerprint density at radius 2 is 1.59 bits per heavy atom. The maximum atomic E-state index is 13.8. The van der Waals surface area contributed by atoms with Gasteiger partial charge in [-0.15, -0.1) is 0 Å². The van der Waals surface area contributed by atoms with Crippen molar-refractivity contribution in [3.63, 3.8) is 0 Å². The molecule has 0 saturated heterocycles. The molecular weight excluding hydrogens is 514 g/mol. The summed E-state index contributed by atoms with van der Waals surface area (Å²) < 4.78 is 33.7. The largest absolute Gasteiger partial charge is 0.497 e. The van der Waals surface area contributed by atoms with Crippen LogP contribution in [0.1, 0.15) is 18.9 Å². The van der Waals surface area contributed by atoms with Gasteiger partial charge in [-0.25, -0.2) is 8.42 Å². The van der Waals surface area contributed by atoms with E-state index in [4.69, 9.17) is 16.3 Å². The van der Waals surface area contributed by atoms with Gasteiger partial charge in [0, 0.05) is 18.6 Å². The quantitative estimate of drug-likeness (QED) is 0.393. The van der Waals surface area contributed by atoms with Crippen molar-refractivity contribution >= 4 is 39.1 Å². The van der Waals surface area contributed by atoms with Gasteiger partial charge in [-0.3, -0.25) is 13.9 Å². The molecule has 37 heavy (non-hydrogen) atoms. The Kier molecular flexibility index (Phi) is 9.54. The van der Waals surface area contributed by atoms with Crippen molar-refractivity contribution in [2.75, 3.05) is 25.0 Å². The molecule has 0 aliphatic carbocycles. The number of carbonyl (C=O) groups is 2. The monoisotopic (exact) mass is 543 g/mol. The van der Waals surface area contributed by atoms with Crippen LogP contribution in [0.15, 0.2) is 83.8 Å². The maximum Gasteiger partial charge on any atom is 0.264 e. The van der Waals surface area contributed by atoms with Crippen molar-refractivity contribution in [1.29, 1.82) is 0 Å². The Morgan fingerprint density at radius 1 is 0.973 bits per heavy atom. The Balaban J connectivity index is 2.04. The molecule has 3 aromatic carbocycles. The van der Waals surface area contributed by atoms with Gasteiger partial charge in [0.15, 0.2) is 0 Å². The minimum atomic E-state index is -4.11. The highest BCUT2D eigenvalue weighted by Gasteiger charge is 2.33. The number of rotatable bonds is 11. The molecule has 0 fully saturated rings. The lowest BCUT2D eigenvalue weighted by Crippen LogP contribution is -2.51. The number of methoxy groups -OCH3 is 1. The molecule has 1 N–H and O–H groups in total. The van der Waals surface area contributed by atoms with Crippen LogP contribution in [0.5, 0.6) is 5.75 Å². The van der Waals surface area contributed by atoms with Crippen LogP contribution in [0.2, 0.25) is 5.02 Å². The number of likely N-dealkylation sites (N-methyl/N-ethyl adjacent to an activating group) is 1. The van der Waals surface area contributed by atoms with Gasteiger partial charge in [-0.05, 0) is 60.5 Å². The summed E-state index contributed by atoms with van der Waals surface area (Å²) in [6, 6.07) is 20.4. The van der Waals surface area contributed by atoms with Gasteiger partial charge >= 0.3 is 0 Å². The van der Waals surface area contributed by atoms with Crippen LogP contribution in [0, 0.1) is 0 Å². The van der Waals surface area contributed by atoms with E-state index in [1.165, 1.54) is 31.2 Å². The molecule has 8 nitrogen and oxygen atoms in total. The molecule has 0 unspecified atom stereocenters. The van der Waals surface area contributed by atoms with Crippen LogP contribution in [-0.4, -0.2) is 51.9 Å². The van der Waals surface area contributed by atoms with E-state index in [9.17, 15) is 18.0 Å². The van der Waals surface area contributed by atoms with Crippen LogP contribution in [0.4, 0.5) is 5.69 Å². The summed E-state index contributed by atoms with van der Waals surface area (Å²) in [5, 5.41) is 3.14. The summed E-state index contributed by atoms with van der Waals surface area (Å²) in [6.45, 7) is 1.39. The second-order valence-electron chi connectivity index (χ2n) is 8.21. The topological polar surface area (TPSA) is 96.0 Å². The number of nitrogens with one attached hydrogen (secondary N) is 1. The van der Waals surface area contributed by atoms with Gasteiger partial charge in [-0.1, -0.05) is 48.9 Å². The molecule has 0 saturated carbocycles. The van der Waals surface area contributed by atoms with Crippen molar-refractivity contribution in [3.8, 4) is 5.75 Å². The molecule has 0 radical (unpaired) electrons. The Bertz CT molecular complexity index is 1300. The summed E-state index contributed by atoms with van der Waals surface area (Å²) in [5.41, 5.74) is 1.04. The van der Waals surface area contributed by atoms with E-state index in [0.717, 1.165) is 9.87 Å². The molecule has 10 heteroatoms. The van der Waals surface area contributed by atoms with E-state index in [1.54, 1.807) is 73.7 Å². The third-order valence-electron chi connectivity index (χ3n) is 5.87. The standard InChI is InChI=1S/C27H30ClN3O5S/c1-4-25(27(33)29-2)30(18-20-10-12-21(28)13-11-20)26(32)19-31(22-14-16-23(36-3)17-15-22)37(34,35)24-8-6-5-7-9-24/h5-17,25H,4,18-19H2,1-3H3,(H,29,33)/t25-/m1/s1. The second-order valence-corrected chi connectivity index (χ2v) is 10.5. The fourth-order valence-electron chi connectivity index (χ4n) is 3.87. The lowest BCUT2D eigenvalue weighted by atomic mass is 10.1. The van der Waals surface area contributed by atoms with Crippen molar-refractivity contribution in [3.05, 3.63) is 89.4 Å². The normalized spacial score (nSPS) is 11.9. The number of carbonyl (C=O) groups excluding carboxylic acids is 2. The first-order valence-electron chi connectivity index (χ1n) is 11.7. The maximum absolute atomic E-state index is 13.8. The van der Waals surface area contributed by atoms with E-state index in [-0.39, 0.29) is 23.0 Å². The highest BCUT2D eigenvalue weighted by Crippen LogP contribution is 2.26. The minimum absolute atomic E-state index is 0.0428. The number of sulfonamides is 1. The SMILES string of the molecule is CC[C@H](C(=O)NC)N(Cc1ccc(Cl)cc1)C(=O)CN(c1ccc(OC)cc1)S(=O)(=O)c1ccccc1. The summed E-state index contributed by atoms with van der Waals surface area (Å²) in [5.74, 6) is -0.324. The zero-order valence-electron chi connectivity index (χ0n) is 20.9. The van der Waals surface area contributed by atoms with E-state index in [0.29, 0.717) is 17.2 Å². The highest BCUT2D eigenvalue weighted by atomic mass is 35.5. The lowest BCUT2D eigenvalue weighted by molar-refractivity contribution is -0.140. The fourth-order valence-corrected chi connectivity index (χ4v) is 5.43. The van der Waals surface area contributed by atoms with Crippen molar-refractivity contribution < 1.29 is 22.7 Å². The molecule has 0 bridgehead atoms. The summed E-state index contributed by atoms with van der Waals surface area (Å²) in [6.07, 6.45) is 0.340. The predicted molar refractivity (Wildman–Crippen MR) is 144 cm³/mol. The van der Waals surface area contributed by atoms with Gasteiger partial charge < -0.3 is 15.0 Å². The number of halogens is 1. The molecule has 3 aromatic rings. The Hall–Kier alpha value is -3.56. The average Bonchev–Trinajstić information content (AvgIpc) is 2.92. The van der Waals surface area contributed by atoms with Gasteiger partial charge in [0.1, 0.15) is 18.3 Å². The van der Waals surface area contributed by atoms with Crippen LogP contribution in [0.25, 0.3) is 0 Å². The number of hydrogen-bond donors (Lipinski definition) is 1. The lowest BCUT2D eigenvalue weighted by Gasteiger charge is -2.33. The summed E-state index contributed by atoms with van der Waals surface area (Å²) in [7, 11) is -1.10. The molecule has 0 heterocycles. The number of benzene rings is 3. The number of nitrogens with zero attached hydrogens (tertiary/aromatic N) is 2. The molecule has 3 rings (SSSR count). The van der Waals surface area contributed by atoms with E-state index in [1.807, 2.05) is 0 Å². The zero-order valence-corrected chi connectivity index (χ0v) is 22.5.